The standard InChI is InChI=1S/C28H34N2O5/c1-18(2)15-30(16-27(32)33)26(31)14-19-11-12-20(13-19)29-28(34)35-17-25-23-9-5-3-7-21(23)22-8-4-6-10-24(22)25/h3-10,18-20,25H,11-17H2,1-2H3,(H,29,34)(H,32,33)/t19-,20+/m0/s1. The van der Waals surface area contributed by atoms with E-state index in [1.165, 1.54) is 27.2 Å². The average Bonchev–Trinajstić information content (AvgIpc) is 3.38. The number of carboxylic acid groups (broad SMARTS) is 1. The third-order valence-electron chi connectivity index (χ3n) is 6.93. The van der Waals surface area contributed by atoms with Crippen molar-refractivity contribution in [3.05, 3.63) is 59.7 Å². The predicted molar refractivity (Wildman–Crippen MR) is 133 cm³/mol. The van der Waals surface area contributed by atoms with Crippen molar-refractivity contribution in [3.8, 4) is 11.1 Å². The van der Waals surface area contributed by atoms with Crippen molar-refractivity contribution in [2.75, 3.05) is 19.7 Å². The predicted octanol–water partition coefficient (Wildman–Crippen LogP) is 4.65. The van der Waals surface area contributed by atoms with Gasteiger partial charge >= 0.3 is 12.1 Å². The molecule has 0 spiro atoms. The van der Waals surface area contributed by atoms with Crippen LogP contribution in [0.25, 0.3) is 11.1 Å². The third kappa shape index (κ3) is 6.02. The fourth-order valence-electron chi connectivity index (χ4n) is 5.43. The summed E-state index contributed by atoms with van der Waals surface area (Å²) in [6.07, 6.45) is 2.17. The lowest BCUT2D eigenvalue weighted by molar-refractivity contribution is -0.145. The minimum Gasteiger partial charge on any atom is -0.480 e. The van der Waals surface area contributed by atoms with Crippen LogP contribution in [-0.2, 0) is 14.3 Å². The second-order valence-corrected chi connectivity index (χ2v) is 10.1. The lowest BCUT2D eigenvalue weighted by Gasteiger charge is -2.24. The van der Waals surface area contributed by atoms with Gasteiger partial charge < -0.3 is 20.1 Å². The first kappa shape index (κ1) is 24.8. The number of amides is 2. The van der Waals surface area contributed by atoms with Gasteiger partial charge in [0.05, 0.1) is 0 Å². The van der Waals surface area contributed by atoms with Crippen LogP contribution in [0.3, 0.4) is 0 Å². The van der Waals surface area contributed by atoms with Crippen molar-refractivity contribution in [2.24, 2.45) is 11.8 Å². The van der Waals surface area contributed by atoms with E-state index in [1.807, 2.05) is 38.1 Å². The lowest BCUT2D eigenvalue weighted by atomic mass is 9.98. The molecular formula is C28H34N2O5. The molecule has 2 aliphatic rings. The van der Waals surface area contributed by atoms with E-state index in [0.29, 0.717) is 19.4 Å². The van der Waals surface area contributed by atoms with E-state index in [4.69, 9.17) is 9.84 Å². The average molecular weight is 479 g/mol. The Balaban J connectivity index is 1.27. The number of nitrogens with one attached hydrogen (secondary N) is 1. The highest BCUT2D eigenvalue weighted by atomic mass is 16.5. The molecule has 2 aromatic carbocycles. The molecule has 0 bridgehead atoms. The molecule has 2 amide bonds. The highest BCUT2D eigenvalue weighted by molar-refractivity contribution is 5.81. The van der Waals surface area contributed by atoms with Gasteiger partial charge in [-0.05, 0) is 53.4 Å². The van der Waals surface area contributed by atoms with E-state index < -0.39 is 12.1 Å². The summed E-state index contributed by atoms with van der Waals surface area (Å²) in [6.45, 7) is 4.36. The Labute approximate surface area is 206 Å². The molecule has 2 atom stereocenters. The van der Waals surface area contributed by atoms with Crippen LogP contribution < -0.4 is 5.32 Å². The highest BCUT2D eigenvalue weighted by Gasteiger charge is 2.32. The molecular weight excluding hydrogens is 444 g/mol. The van der Waals surface area contributed by atoms with Crippen molar-refractivity contribution >= 4 is 18.0 Å². The summed E-state index contributed by atoms with van der Waals surface area (Å²) in [5, 5.41) is 12.1. The van der Waals surface area contributed by atoms with Gasteiger partial charge in [-0.25, -0.2) is 4.79 Å². The molecule has 2 N–H and O–H groups in total. The SMILES string of the molecule is CC(C)CN(CC(=O)O)C(=O)C[C@H]1CC[C@@H](NC(=O)OCC2c3ccccc3-c3ccccc32)C1. The van der Waals surface area contributed by atoms with Gasteiger partial charge in [0.2, 0.25) is 5.91 Å². The molecule has 7 nitrogen and oxygen atoms in total. The van der Waals surface area contributed by atoms with E-state index >= 15 is 0 Å². The molecule has 0 aromatic heterocycles. The zero-order valence-electron chi connectivity index (χ0n) is 20.4. The Morgan fingerprint density at radius 1 is 1.03 bits per heavy atom. The first-order valence-electron chi connectivity index (χ1n) is 12.4. The van der Waals surface area contributed by atoms with Gasteiger partial charge in [0.15, 0.2) is 0 Å². The fraction of sp³-hybridized carbons (Fsp3) is 0.464. The van der Waals surface area contributed by atoms with Crippen LogP contribution in [0.1, 0.15) is 56.6 Å². The maximum Gasteiger partial charge on any atom is 0.407 e. The van der Waals surface area contributed by atoms with Crippen LogP contribution in [-0.4, -0.2) is 53.7 Å². The summed E-state index contributed by atoms with van der Waals surface area (Å²) in [4.78, 5) is 37.9. The summed E-state index contributed by atoms with van der Waals surface area (Å²) < 4.78 is 5.65. The fourth-order valence-corrected chi connectivity index (χ4v) is 5.43. The molecule has 35 heavy (non-hydrogen) atoms. The summed E-state index contributed by atoms with van der Waals surface area (Å²) in [5.74, 6) is -0.786. The quantitative estimate of drug-likeness (QED) is 0.547. The molecule has 7 heteroatoms. The van der Waals surface area contributed by atoms with Gasteiger partial charge in [-0.2, -0.15) is 0 Å². The summed E-state index contributed by atoms with van der Waals surface area (Å²) >= 11 is 0. The zero-order chi connectivity index (χ0) is 24.9. The smallest absolute Gasteiger partial charge is 0.407 e. The van der Waals surface area contributed by atoms with Crippen LogP contribution in [0.15, 0.2) is 48.5 Å². The number of carbonyl (C=O) groups is 3. The number of carbonyl (C=O) groups excluding carboxylic acids is 2. The normalized spacial score (nSPS) is 18.7. The van der Waals surface area contributed by atoms with Gasteiger partial charge in [0.25, 0.3) is 0 Å². The molecule has 2 aliphatic carbocycles. The minimum absolute atomic E-state index is 0.0169. The van der Waals surface area contributed by atoms with Crippen LogP contribution in [0, 0.1) is 11.8 Å². The lowest BCUT2D eigenvalue weighted by Crippen LogP contribution is -2.39. The molecule has 0 saturated heterocycles. The van der Waals surface area contributed by atoms with Crippen molar-refractivity contribution in [1.82, 2.24) is 10.2 Å². The van der Waals surface area contributed by atoms with Gasteiger partial charge in [-0.1, -0.05) is 62.4 Å². The highest BCUT2D eigenvalue weighted by Crippen LogP contribution is 2.44. The van der Waals surface area contributed by atoms with Gasteiger partial charge in [0.1, 0.15) is 13.2 Å². The molecule has 0 heterocycles. The number of benzene rings is 2. The number of hydrogen-bond donors (Lipinski definition) is 2. The van der Waals surface area contributed by atoms with Gasteiger partial charge in [0, 0.05) is 24.9 Å². The topological polar surface area (TPSA) is 95.9 Å². The number of rotatable bonds is 9. The monoisotopic (exact) mass is 478 g/mol. The Bertz CT molecular complexity index is 1040. The summed E-state index contributed by atoms with van der Waals surface area (Å²) in [7, 11) is 0. The van der Waals surface area contributed by atoms with Gasteiger partial charge in [-0.3, -0.25) is 9.59 Å². The van der Waals surface area contributed by atoms with E-state index in [1.54, 1.807) is 0 Å². The maximum atomic E-state index is 12.7. The largest absolute Gasteiger partial charge is 0.480 e. The van der Waals surface area contributed by atoms with Crippen LogP contribution in [0.4, 0.5) is 4.79 Å². The summed E-state index contributed by atoms with van der Waals surface area (Å²) in [6, 6.07) is 16.4. The van der Waals surface area contributed by atoms with E-state index in [9.17, 15) is 14.4 Å². The van der Waals surface area contributed by atoms with Crippen molar-refractivity contribution < 1.29 is 24.2 Å². The Hall–Kier alpha value is -3.35. The van der Waals surface area contributed by atoms with Crippen LogP contribution in [0.5, 0.6) is 0 Å². The molecule has 1 fully saturated rings. The number of aliphatic carboxylic acids is 1. The molecule has 1 saturated carbocycles. The van der Waals surface area contributed by atoms with Crippen molar-refractivity contribution in [2.45, 2.75) is 51.5 Å². The maximum absolute atomic E-state index is 12.7. The second-order valence-electron chi connectivity index (χ2n) is 10.1. The molecule has 2 aromatic rings. The second kappa shape index (κ2) is 10.9. The molecule has 4 rings (SSSR count). The molecule has 0 aliphatic heterocycles. The number of alkyl carbamates (subject to hydrolysis) is 1. The summed E-state index contributed by atoms with van der Waals surface area (Å²) in [5.41, 5.74) is 4.73. The Morgan fingerprint density at radius 2 is 1.66 bits per heavy atom. The van der Waals surface area contributed by atoms with Crippen molar-refractivity contribution in [3.63, 3.8) is 0 Å². The van der Waals surface area contributed by atoms with E-state index in [0.717, 1.165) is 12.8 Å². The minimum atomic E-state index is -1.000. The number of nitrogens with zero attached hydrogens (tertiary/aromatic N) is 1. The van der Waals surface area contributed by atoms with E-state index in [-0.39, 0.29) is 42.9 Å². The van der Waals surface area contributed by atoms with Crippen molar-refractivity contribution in [1.29, 1.82) is 0 Å². The zero-order valence-corrected chi connectivity index (χ0v) is 20.4. The van der Waals surface area contributed by atoms with Crippen LogP contribution in [0.2, 0.25) is 0 Å². The van der Waals surface area contributed by atoms with Gasteiger partial charge in [-0.15, -0.1) is 0 Å². The molecule has 0 radical (unpaired) electrons. The number of ether oxygens (including phenoxy) is 1. The first-order chi connectivity index (χ1) is 16.8. The number of fused-ring (bicyclic) bond motifs is 3. The number of carboxylic acids is 1. The Morgan fingerprint density at radius 3 is 2.26 bits per heavy atom. The molecule has 0 unspecified atom stereocenters. The van der Waals surface area contributed by atoms with Crippen LogP contribution >= 0.6 is 0 Å². The van der Waals surface area contributed by atoms with E-state index in [2.05, 4.69) is 29.6 Å². The Kier molecular flexibility index (Phi) is 7.73. The number of hydrogen-bond acceptors (Lipinski definition) is 4. The molecule has 186 valence electrons. The third-order valence-corrected chi connectivity index (χ3v) is 6.93. The first-order valence-corrected chi connectivity index (χ1v) is 12.4.